The third kappa shape index (κ3) is 4.71. The second-order valence-electron chi connectivity index (χ2n) is 7.83. The van der Waals surface area contributed by atoms with Gasteiger partial charge >= 0.3 is 0 Å². The molecule has 0 aromatic heterocycles. The Bertz CT molecular complexity index is 1050. The van der Waals surface area contributed by atoms with Crippen molar-refractivity contribution in [3.05, 3.63) is 59.7 Å². The Morgan fingerprint density at radius 1 is 1.13 bits per heavy atom. The van der Waals surface area contributed by atoms with Gasteiger partial charge in [-0.15, -0.1) is 0 Å². The number of aryl methyl sites for hydroxylation is 1. The van der Waals surface area contributed by atoms with Gasteiger partial charge in [0.15, 0.2) is 0 Å². The van der Waals surface area contributed by atoms with Crippen LogP contribution in [0.15, 0.2) is 53.4 Å². The lowest BCUT2D eigenvalue weighted by Gasteiger charge is -2.18. The van der Waals surface area contributed by atoms with Gasteiger partial charge in [-0.3, -0.25) is 9.59 Å². The lowest BCUT2D eigenvalue weighted by Crippen LogP contribution is -2.38. The predicted molar refractivity (Wildman–Crippen MR) is 113 cm³/mol. The van der Waals surface area contributed by atoms with Crippen molar-refractivity contribution in [1.29, 1.82) is 0 Å². The minimum absolute atomic E-state index is 0.00340. The second-order valence-corrected chi connectivity index (χ2v) is 9.54. The normalized spacial score (nSPS) is 19.1. The molecule has 2 aromatic carbocycles. The van der Waals surface area contributed by atoms with Crippen LogP contribution < -0.4 is 10.0 Å². The van der Waals surface area contributed by atoms with E-state index in [9.17, 15) is 18.0 Å². The van der Waals surface area contributed by atoms with Crippen LogP contribution in [0, 0.1) is 0 Å². The molecule has 158 valence electrons. The average Bonchev–Trinajstić information content (AvgIpc) is 3.09. The van der Waals surface area contributed by atoms with Gasteiger partial charge in [-0.25, -0.2) is 13.1 Å². The molecule has 2 aliphatic rings. The molecule has 0 aliphatic carbocycles. The molecule has 0 radical (unpaired) electrons. The van der Waals surface area contributed by atoms with Crippen LogP contribution in [0.3, 0.4) is 0 Å². The molecular weight excluding hydrogens is 402 g/mol. The van der Waals surface area contributed by atoms with Crippen molar-refractivity contribution in [2.45, 2.75) is 43.0 Å². The van der Waals surface area contributed by atoms with Crippen molar-refractivity contribution < 1.29 is 18.0 Å². The summed E-state index contributed by atoms with van der Waals surface area (Å²) in [6.07, 6.45) is 2.68. The summed E-state index contributed by atoms with van der Waals surface area (Å²) in [5.74, 6) is -0.0441. The molecule has 1 fully saturated rings. The first-order valence-electron chi connectivity index (χ1n) is 10.2. The molecule has 2 N–H and O–H groups in total. The summed E-state index contributed by atoms with van der Waals surface area (Å²) in [4.78, 5) is 26.1. The summed E-state index contributed by atoms with van der Waals surface area (Å²) in [7, 11) is -3.71. The highest BCUT2D eigenvalue weighted by atomic mass is 32.2. The maximum atomic E-state index is 12.9. The smallest absolute Gasteiger partial charge is 0.240 e. The second kappa shape index (κ2) is 8.57. The van der Waals surface area contributed by atoms with Crippen molar-refractivity contribution in [1.82, 2.24) is 9.62 Å². The molecule has 2 aliphatic heterocycles. The largest absolute Gasteiger partial charge is 0.341 e. The van der Waals surface area contributed by atoms with E-state index in [0.717, 1.165) is 11.1 Å². The molecule has 1 unspecified atom stereocenters. The monoisotopic (exact) mass is 427 g/mol. The molecule has 7 nitrogen and oxygen atoms in total. The summed E-state index contributed by atoms with van der Waals surface area (Å²) >= 11 is 0. The van der Waals surface area contributed by atoms with Crippen molar-refractivity contribution >= 4 is 27.5 Å². The van der Waals surface area contributed by atoms with E-state index in [4.69, 9.17) is 0 Å². The zero-order valence-electron chi connectivity index (χ0n) is 16.6. The van der Waals surface area contributed by atoms with E-state index in [1.165, 1.54) is 6.07 Å². The molecule has 4 rings (SSSR count). The van der Waals surface area contributed by atoms with Crippen molar-refractivity contribution in [3.8, 4) is 0 Å². The first-order chi connectivity index (χ1) is 14.4. The summed E-state index contributed by atoms with van der Waals surface area (Å²) in [6.45, 7) is 0.904. The van der Waals surface area contributed by atoms with Crippen LogP contribution in [-0.4, -0.2) is 44.3 Å². The zero-order valence-corrected chi connectivity index (χ0v) is 17.5. The topological polar surface area (TPSA) is 95.6 Å². The summed E-state index contributed by atoms with van der Waals surface area (Å²) in [6, 6.07) is 14.0. The van der Waals surface area contributed by atoms with E-state index in [0.29, 0.717) is 50.9 Å². The number of anilines is 1. The van der Waals surface area contributed by atoms with Gasteiger partial charge in [0.05, 0.1) is 11.3 Å². The number of fused-ring (bicyclic) bond motifs is 1. The van der Waals surface area contributed by atoms with Crippen molar-refractivity contribution in [2.75, 3.05) is 18.4 Å². The van der Waals surface area contributed by atoms with Gasteiger partial charge < -0.3 is 10.2 Å². The Balaban J connectivity index is 1.40. The SMILES string of the molecule is O=C1CCCc2cc(S(=O)(=O)NC3CCN(C(=O)Cc4ccccc4)C3)ccc2N1. The van der Waals surface area contributed by atoms with Crippen LogP contribution in [0.5, 0.6) is 0 Å². The molecule has 2 amide bonds. The molecule has 0 saturated carbocycles. The maximum absolute atomic E-state index is 12.9. The Morgan fingerprint density at radius 3 is 2.73 bits per heavy atom. The number of nitrogens with one attached hydrogen (secondary N) is 2. The molecule has 30 heavy (non-hydrogen) atoms. The minimum Gasteiger partial charge on any atom is -0.341 e. The molecule has 0 spiro atoms. The Hall–Kier alpha value is -2.71. The van der Waals surface area contributed by atoms with E-state index in [1.54, 1.807) is 17.0 Å². The minimum atomic E-state index is -3.71. The zero-order chi connectivity index (χ0) is 21.1. The number of sulfonamides is 1. The Kier molecular flexibility index (Phi) is 5.87. The van der Waals surface area contributed by atoms with Crippen LogP contribution in [0.25, 0.3) is 0 Å². The highest BCUT2D eigenvalue weighted by Gasteiger charge is 2.30. The van der Waals surface area contributed by atoms with Gasteiger partial charge in [0, 0.05) is 31.2 Å². The van der Waals surface area contributed by atoms with Gasteiger partial charge in [-0.05, 0) is 48.6 Å². The van der Waals surface area contributed by atoms with E-state index in [2.05, 4.69) is 10.0 Å². The first-order valence-corrected chi connectivity index (χ1v) is 11.7. The lowest BCUT2D eigenvalue weighted by molar-refractivity contribution is -0.129. The van der Waals surface area contributed by atoms with Crippen LogP contribution in [0.1, 0.15) is 30.4 Å². The molecule has 8 heteroatoms. The van der Waals surface area contributed by atoms with Crippen LogP contribution in [0.4, 0.5) is 5.69 Å². The number of benzene rings is 2. The van der Waals surface area contributed by atoms with Gasteiger partial charge in [0.25, 0.3) is 0 Å². The van der Waals surface area contributed by atoms with Gasteiger partial charge in [0.2, 0.25) is 21.8 Å². The molecule has 0 bridgehead atoms. The fourth-order valence-electron chi connectivity index (χ4n) is 3.97. The predicted octanol–water partition coefficient (Wildman–Crippen LogP) is 2.08. The number of amides is 2. The number of likely N-dealkylation sites (tertiary alicyclic amines) is 1. The van der Waals surface area contributed by atoms with Crippen LogP contribution in [0.2, 0.25) is 0 Å². The number of rotatable bonds is 5. The molecule has 2 aromatic rings. The maximum Gasteiger partial charge on any atom is 0.240 e. The highest BCUT2D eigenvalue weighted by Crippen LogP contribution is 2.25. The molecule has 1 atom stereocenters. The Labute approximate surface area is 176 Å². The summed E-state index contributed by atoms with van der Waals surface area (Å²) < 4.78 is 28.5. The van der Waals surface area contributed by atoms with E-state index in [-0.39, 0.29) is 22.8 Å². The standard InChI is InChI=1S/C22H25N3O4S/c26-21-8-4-7-17-14-19(9-10-20(17)23-21)30(28,29)24-18-11-12-25(15-18)22(27)13-16-5-2-1-3-6-16/h1-3,5-6,9-10,14,18,24H,4,7-8,11-13,15H2,(H,23,26). The fourth-order valence-corrected chi connectivity index (χ4v) is 5.28. The van der Waals surface area contributed by atoms with Gasteiger partial charge in [-0.2, -0.15) is 0 Å². The average molecular weight is 428 g/mol. The van der Waals surface area contributed by atoms with Crippen LogP contribution in [-0.2, 0) is 32.5 Å². The first kappa shape index (κ1) is 20.6. The van der Waals surface area contributed by atoms with Crippen molar-refractivity contribution in [2.24, 2.45) is 0 Å². The van der Waals surface area contributed by atoms with Gasteiger partial charge in [0.1, 0.15) is 0 Å². The number of hydrogen-bond acceptors (Lipinski definition) is 4. The highest BCUT2D eigenvalue weighted by molar-refractivity contribution is 7.89. The lowest BCUT2D eigenvalue weighted by atomic mass is 10.1. The van der Waals surface area contributed by atoms with Gasteiger partial charge in [-0.1, -0.05) is 30.3 Å². The molecule has 1 saturated heterocycles. The quantitative estimate of drug-likeness (QED) is 0.764. The number of carbonyl (C=O) groups is 2. The third-order valence-corrected chi connectivity index (χ3v) is 7.09. The van der Waals surface area contributed by atoms with Crippen molar-refractivity contribution in [3.63, 3.8) is 0 Å². The number of nitrogens with zero attached hydrogens (tertiary/aromatic N) is 1. The van der Waals surface area contributed by atoms with E-state index < -0.39 is 10.0 Å². The van der Waals surface area contributed by atoms with Crippen LogP contribution >= 0.6 is 0 Å². The number of carbonyl (C=O) groups excluding carboxylic acids is 2. The number of hydrogen-bond donors (Lipinski definition) is 2. The van der Waals surface area contributed by atoms with E-state index in [1.807, 2.05) is 30.3 Å². The fraction of sp³-hybridized carbons (Fsp3) is 0.364. The third-order valence-electron chi connectivity index (χ3n) is 5.57. The van der Waals surface area contributed by atoms with E-state index >= 15 is 0 Å². The summed E-state index contributed by atoms with van der Waals surface area (Å²) in [5, 5.41) is 2.81. The summed E-state index contributed by atoms with van der Waals surface area (Å²) in [5.41, 5.74) is 2.45. The Morgan fingerprint density at radius 2 is 1.93 bits per heavy atom. The molecular formula is C22H25N3O4S. The molecule has 2 heterocycles.